The summed E-state index contributed by atoms with van der Waals surface area (Å²) in [5, 5.41) is 13.8. The van der Waals surface area contributed by atoms with E-state index in [9.17, 15) is 4.79 Å². The Hall–Kier alpha value is -2.05. The highest BCUT2D eigenvalue weighted by molar-refractivity contribution is 7.99. The lowest BCUT2D eigenvalue weighted by Gasteiger charge is -2.11. The van der Waals surface area contributed by atoms with Crippen molar-refractivity contribution in [2.75, 3.05) is 20.6 Å². The zero-order valence-corrected chi connectivity index (χ0v) is 18.4. The van der Waals surface area contributed by atoms with Crippen LogP contribution in [0.2, 0.25) is 10.0 Å². The highest BCUT2D eigenvalue weighted by atomic mass is 35.5. The van der Waals surface area contributed by atoms with E-state index in [1.165, 1.54) is 11.8 Å². The van der Waals surface area contributed by atoms with Gasteiger partial charge in [-0.25, -0.2) is 14.6 Å². The minimum Gasteiger partial charge on any atom is -0.319 e. The van der Waals surface area contributed by atoms with Gasteiger partial charge in [-0.05, 0) is 48.4 Å². The lowest BCUT2D eigenvalue weighted by molar-refractivity contribution is 0.361. The Labute approximate surface area is 183 Å². The molecule has 0 aliphatic rings. The second kappa shape index (κ2) is 8.36. The Kier molecular flexibility index (Phi) is 5.83. The fraction of sp³-hybridized carbons (Fsp3) is 0.250. The third-order valence-electron chi connectivity index (χ3n) is 3.88. The molecule has 1 aromatic carbocycles. The van der Waals surface area contributed by atoms with Gasteiger partial charge in [0.2, 0.25) is 5.16 Å². The largest absolute Gasteiger partial charge is 0.319 e. The number of thiazole rings is 1. The van der Waals surface area contributed by atoms with Gasteiger partial charge in [0.05, 0.1) is 32.5 Å². The second-order valence-corrected chi connectivity index (χ2v) is 9.05. The van der Waals surface area contributed by atoms with Crippen molar-refractivity contribution >= 4 is 57.3 Å². The minimum absolute atomic E-state index is 0.178. The standard InChI is InChI=1S/C16H14Cl2N8OS2/c1-25(2)3-4-26-15(22-23-24-26)29-14-13(12-7-19-16(27)28-12)20-10-5-8(17)9(18)6-11(10)21-14/h5-7H,3-4H2,1-2H3,(H,19,27). The normalized spacial score (nSPS) is 11.6. The summed E-state index contributed by atoms with van der Waals surface area (Å²) in [7, 11) is 3.96. The summed E-state index contributed by atoms with van der Waals surface area (Å²) in [6.07, 6.45) is 1.61. The van der Waals surface area contributed by atoms with E-state index in [4.69, 9.17) is 28.2 Å². The van der Waals surface area contributed by atoms with Crippen LogP contribution < -0.4 is 4.87 Å². The van der Waals surface area contributed by atoms with Crippen LogP contribution in [0.3, 0.4) is 0 Å². The summed E-state index contributed by atoms with van der Waals surface area (Å²) in [6.45, 7) is 1.40. The second-order valence-electron chi connectivity index (χ2n) is 6.26. The van der Waals surface area contributed by atoms with Crippen LogP contribution in [-0.4, -0.2) is 60.7 Å². The number of likely N-dealkylation sites (N-methyl/N-ethyl adjacent to an activating group) is 1. The van der Waals surface area contributed by atoms with Crippen molar-refractivity contribution in [3.63, 3.8) is 0 Å². The summed E-state index contributed by atoms with van der Waals surface area (Å²) >= 11 is 14.6. The lowest BCUT2D eigenvalue weighted by Crippen LogP contribution is -2.19. The Morgan fingerprint density at radius 2 is 1.93 bits per heavy atom. The number of aromatic amines is 1. The monoisotopic (exact) mass is 468 g/mol. The maximum Gasteiger partial charge on any atom is 0.305 e. The first kappa shape index (κ1) is 20.2. The molecule has 29 heavy (non-hydrogen) atoms. The summed E-state index contributed by atoms with van der Waals surface area (Å²) in [5.41, 5.74) is 1.71. The summed E-state index contributed by atoms with van der Waals surface area (Å²) in [5.74, 6) is 0. The number of rotatable bonds is 6. The van der Waals surface area contributed by atoms with Crippen molar-refractivity contribution in [1.82, 2.24) is 40.1 Å². The zero-order chi connectivity index (χ0) is 20.5. The van der Waals surface area contributed by atoms with E-state index < -0.39 is 0 Å². The van der Waals surface area contributed by atoms with Crippen LogP contribution in [0.1, 0.15) is 0 Å². The first-order valence-corrected chi connectivity index (χ1v) is 10.7. The van der Waals surface area contributed by atoms with Gasteiger partial charge in [0.25, 0.3) is 0 Å². The molecule has 13 heteroatoms. The van der Waals surface area contributed by atoms with Crippen molar-refractivity contribution in [1.29, 1.82) is 0 Å². The van der Waals surface area contributed by atoms with E-state index in [0.29, 0.717) is 48.4 Å². The number of tetrazole rings is 1. The molecule has 3 aromatic heterocycles. The first-order valence-electron chi connectivity index (χ1n) is 8.35. The van der Waals surface area contributed by atoms with Crippen molar-refractivity contribution < 1.29 is 0 Å². The molecule has 9 nitrogen and oxygen atoms in total. The van der Waals surface area contributed by atoms with Crippen LogP contribution >= 0.6 is 46.3 Å². The summed E-state index contributed by atoms with van der Waals surface area (Å²) < 4.78 is 1.70. The molecule has 0 saturated heterocycles. The smallest absolute Gasteiger partial charge is 0.305 e. The molecular formula is C16H14Cl2N8OS2. The fourth-order valence-corrected chi connectivity index (χ4v) is 4.39. The molecule has 0 saturated carbocycles. The van der Waals surface area contributed by atoms with E-state index in [1.54, 1.807) is 23.0 Å². The van der Waals surface area contributed by atoms with E-state index in [1.807, 2.05) is 19.0 Å². The number of nitrogens with one attached hydrogen (secondary N) is 1. The molecule has 4 rings (SSSR count). The first-order chi connectivity index (χ1) is 13.9. The van der Waals surface area contributed by atoms with Crippen molar-refractivity contribution in [3.05, 3.63) is 38.0 Å². The predicted octanol–water partition coefficient (Wildman–Crippen LogP) is 3.05. The van der Waals surface area contributed by atoms with Crippen LogP contribution in [0.4, 0.5) is 0 Å². The van der Waals surface area contributed by atoms with Gasteiger partial charge in [-0.3, -0.25) is 4.79 Å². The third-order valence-corrected chi connectivity index (χ3v) is 6.39. The van der Waals surface area contributed by atoms with E-state index in [-0.39, 0.29) is 4.87 Å². The molecular weight excluding hydrogens is 455 g/mol. The molecule has 0 atom stereocenters. The van der Waals surface area contributed by atoms with Gasteiger partial charge in [-0.2, -0.15) is 0 Å². The molecule has 4 aromatic rings. The van der Waals surface area contributed by atoms with Crippen LogP contribution in [-0.2, 0) is 6.54 Å². The molecule has 0 amide bonds. The number of benzene rings is 1. The topological polar surface area (TPSA) is 105 Å². The number of halogens is 2. The predicted molar refractivity (Wildman–Crippen MR) is 114 cm³/mol. The molecule has 0 unspecified atom stereocenters. The number of hydrogen-bond donors (Lipinski definition) is 1. The van der Waals surface area contributed by atoms with Crippen LogP contribution in [0.25, 0.3) is 21.6 Å². The van der Waals surface area contributed by atoms with Gasteiger partial charge in [0.15, 0.2) is 0 Å². The van der Waals surface area contributed by atoms with Crippen molar-refractivity contribution in [2.45, 2.75) is 16.7 Å². The summed E-state index contributed by atoms with van der Waals surface area (Å²) in [4.78, 5) is 26.2. The van der Waals surface area contributed by atoms with Crippen LogP contribution in [0.5, 0.6) is 0 Å². The highest BCUT2D eigenvalue weighted by Crippen LogP contribution is 2.36. The average molecular weight is 469 g/mol. The van der Waals surface area contributed by atoms with Gasteiger partial charge < -0.3 is 9.88 Å². The van der Waals surface area contributed by atoms with Gasteiger partial charge in [0, 0.05) is 12.7 Å². The van der Waals surface area contributed by atoms with E-state index >= 15 is 0 Å². The van der Waals surface area contributed by atoms with Crippen molar-refractivity contribution in [3.8, 4) is 10.6 Å². The third kappa shape index (κ3) is 4.43. The molecule has 0 aliphatic carbocycles. The van der Waals surface area contributed by atoms with Crippen LogP contribution in [0, 0.1) is 0 Å². The molecule has 0 fully saturated rings. The van der Waals surface area contributed by atoms with Gasteiger partial charge >= 0.3 is 4.87 Å². The zero-order valence-electron chi connectivity index (χ0n) is 15.3. The van der Waals surface area contributed by atoms with Crippen molar-refractivity contribution in [2.24, 2.45) is 0 Å². The maximum absolute atomic E-state index is 11.7. The quantitative estimate of drug-likeness (QED) is 0.460. The fourth-order valence-electron chi connectivity index (χ4n) is 2.46. The Morgan fingerprint density at radius 3 is 2.59 bits per heavy atom. The maximum atomic E-state index is 11.7. The highest BCUT2D eigenvalue weighted by Gasteiger charge is 2.19. The molecule has 0 aliphatic heterocycles. The van der Waals surface area contributed by atoms with E-state index in [2.05, 4.69) is 25.5 Å². The van der Waals surface area contributed by atoms with E-state index in [0.717, 1.165) is 17.9 Å². The number of hydrogen-bond acceptors (Lipinski definition) is 9. The van der Waals surface area contributed by atoms with Gasteiger partial charge in [0.1, 0.15) is 10.7 Å². The Balaban J connectivity index is 1.81. The van der Waals surface area contributed by atoms with Crippen LogP contribution in [0.15, 0.2) is 33.3 Å². The number of fused-ring (bicyclic) bond motifs is 1. The average Bonchev–Trinajstić information content (AvgIpc) is 3.29. The van der Waals surface area contributed by atoms with Gasteiger partial charge in [-0.15, -0.1) is 5.10 Å². The molecule has 150 valence electrons. The molecule has 0 spiro atoms. The summed E-state index contributed by atoms with van der Waals surface area (Å²) in [6, 6.07) is 3.31. The SMILES string of the molecule is CN(C)CCn1nnnc1Sc1nc2cc(Cl)c(Cl)cc2nc1-c1c[nH]c(=O)s1. The lowest BCUT2D eigenvalue weighted by atomic mass is 10.3. The minimum atomic E-state index is -0.178. The Bertz CT molecular complexity index is 1240. The number of H-pyrrole nitrogens is 1. The number of aromatic nitrogens is 7. The molecule has 0 bridgehead atoms. The Morgan fingerprint density at radius 1 is 1.21 bits per heavy atom. The van der Waals surface area contributed by atoms with Gasteiger partial charge in [-0.1, -0.05) is 34.5 Å². The molecule has 3 heterocycles. The molecule has 1 N–H and O–H groups in total. The molecule has 0 radical (unpaired) electrons. The number of nitrogens with zero attached hydrogens (tertiary/aromatic N) is 7.